The van der Waals surface area contributed by atoms with Crippen LogP contribution >= 0.6 is 11.6 Å². The van der Waals surface area contributed by atoms with Crippen LogP contribution in [0.15, 0.2) is 30.3 Å². The number of fused-ring (bicyclic) bond motifs is 1. The van der Waals surface area contributed by atoms with Gasteiger partial charge in [-0.2, -0.15) is 13.2 Å². The smallest absolute Gasteiger partial charge is 0.416 e. The van der Waals surface area contributed by atoms with Crippen LogP contribution in [0.1, 0.15) is 15.9 Å². The minimum Gasteiger partial charge on any atom is -0.454 e. The average Bonchev–Trinajstić information content (AvgIpc) is 3.27. The first-order valence-electron chi connectivity index (χ1n) is 9.82. The second kappa shape index (κ2) is 9.36. The number of hydrogen-bond donors (Lipinski definition) is 1. The number of morpholine rings is 1. The number of rotatable bonds is 5. The maximum Gasteiger partial charge on any atom is 0.416 e. The minimum absolute atomic E-state index is 0.0325. The van der Waals surface area contributed by atoms with Gasteiger partial charge in [0.1, 0.15) is 0 Å². The molecule has 4 rings (SSSR count). The Morgan fingerprint density at radius 1 is 1.12 bits per heavy atom. The van der Waals surface area contributed by atoms with E-state index in [9.17, 15) is 22.8 Å². The van der Waals surface area contributed by atoms with Crippen LogP contribution in [0.3, 0.4) is 0 Å². The summed E-state index contributed by atoms with van der Waals surface area (Å²) >= 11 is 6.03. The summed E-state index contributed by atoms with van der Waals surface area (Å²) < 4.78 is 60.2. The molecule has 2 heterocycles. The average molecular weight is 487 g/mol. The third-order valence-corrected chi connectivity index (χ3v) is 5.23. The Morgan fingerprint density at radius 3 is 2.61 bits per heavy atom. The number of esters is 1. The third kappa shape index (κ3) is 5.25. The van der Waals surface area contributed by atoms with Gasteiger partial charge in [0.05, 0.1) is 40.7 Å². The summed E-state index contributed by atoms with van der Waals surface area (Å²) in [6.45, 7) is 0.957. The normalized spacial score (nSPS) is 15.3. The van der Waals surface area contributed by atoms with Crippen molar-refractivity contribution >= 4 is 34.9 Å². The highest BCUT2D eigenvalue weighted by atomic mass is 35.5. The number of nitrogens with one attached hydrogen (secondary N) is 1. The predicted octanol–water partition coefficient (Wildman–Crippen LogP) is 3.72. The van der Waals surface area contributed by atoms with E-state index in [1.165, 1.54) is 18.2 Å². The molecule has 2 aromatic carbocycles. The zero-order valence-electron chi connectivity index (χ0n) is 17.0. The first-order chi connectivity index (χ1) is 15.7. The zero-order valence-corrected chi connectivity index (χ0v) is 17.8. The number of halogens is 4. The highest BCUT2D eigenvalue weighted by molar-refractivity contribution is 6.32. The van der Waals surface area contributed by atoms with Crippen molar-refractivity contribution in [2.45, 2.75) is 6.18 Å². The molecule has 33 heavy (non-hydrogen) atoms. The van der Waals surface area contributed by atoms with Crippen LogP contribution in [0.4, 0.5) is 24.5 Å². The molecule has 1 amide bonds. The van der Waals surface area contributed by atoms with Crippen molar-refractivity contribution in [3.63, 3.8) is 0 Å². The molecule has 0 aromatic heterocycles. The molecular formula is C21H18ClF3N2O6. The van der Waals surface area contributed by atoms with Crippen LogP contribution in [-0.2, 0) is 20.4 Å². The standard InChI is InChI=1S/C21H18ClF3N2O6/c22-14-7-12(8-17-19(14)33-11-32-17)20(29)31-10-18(28)26-15-9-13(21(23,24)25)1-2-16(15)27-3-5-30-6-4-27/h1-2,7-9H,3-6,10-11H2,(H,26,28). The lowest BCUT2D eigenvalue weighted by molar-refractivity contribution is -0.137. The molecule has 1 saturated heterocycles. The second-order valence-electron chi connectivity index (χ2n) is 7.15. The molecule has 176 valence electrons. The first-order valence-corrected chi connectivity index (χ1v) is 10.2. The Hall–Kier alpha value is -3.18. The number of carbonyl (C=O) groups excluding carboxylic acids is 2. The quantitative estimate of drug-likeness (QED) is 0.645. The van der Waals surface area contributed by atoms with Gasteiger partial charge in [0.15, 0.2) is 18.1 Å². The lowest BCUT2D eigenvalue weighted by atomic mass is 10.1. The highest BCUT2D eigenvalue weighted by Gasteiger charge is 2.32. The molecule has 0 aliphatic carbocycles. The van der Waals surface area contributed by atoms with Gasteiger partial charge >= 0.3 is 12.1 Å². The molecule has 8 nitrogen and oxygen atoms in total. The summed E-state index contributed by atoms with van der Waals surface area (Å²) in [5.41, 5.74) is -0.514. The zero-order chi connectivity index (χ0) is 23.6. The van der Waals surface area contributed by atoms with E-state index in [1.807, 2.05) is 0 Å². The molecule has 2 aliphatic heterocycles. The molecule has 0 unspecified atom stereocenters. The molecule has 0 atom stereocenters. The van der Waals surface area contributed by atoms with Crippen molar-refractivity contribution in [1.82, 2.24) is 0 Å². The van der Waals surface area contributed by atoms with E-state index in [4.69, 9.17) is 30.5 Å². The maximum absolute atomic E-state index is 13.2. The Bertz CT molecular complexity index is 1070. The lowest BCUT2D eigenvalue weighted by Crippen LogP contribution is -2.37. The van der Waals surface area contributed by atoms with Crippen LogP contribution in [0.5, 0.6) is 11.5 Å². The largest absolute Gasteiger partial charge is 0.454 e. The fourth-order valence-corrected chi connectivity index (χ4v) is 3.64. The third-order valence-electron chi connectivity index (χ3n) is 4.95. The lowest BCUT2D eigenvalue weighted by Gasteiger charge is -2.31. The Kier molecular flexibility index (Phi) is 6.52. The van der Waals surface area contributed by atoms with E-state index in [2.05, 4.69) is 5.32 Å². The molecule has 2 aliphatic rings. The van der Waals surface area contributed by atoms with Crippen molar-refractivity contribution in [3.05, 3.63) is 46.5 Å². The van der Waals surface area contributed by atoms with Gasteiger partial charge in [-0.05, 0) is 30.3 Å². The number of benzene rings is 2. The van der Waals surface area contributed by atoms with Crippen molar-refractivity contribution in [2.75, 3.05) is 49.9 Å². The number of anilines is 2. The number of carbonyl (C=O) groups is 2. The number of nitrogens with zero attached hydrogens (tertiary/aromatic N) is 1. The predicted molar refractivity (Wildman–Crippen MR) is 111 cm³/mol. The summed E-state index contributed by atoms with van der Waals surface area (Å²) in [6, 6.07) is 5.76. The molecule has 1 fully saturated rings. The number of amides is 1. The van der Waals surface area contributed by atoms with Gasteiger partial charge in [0.25, 0.3) is 5.91 Å². The SMILES string of the molecule is O=C(COC(=O)c1cc(Cl)c2c(c1)OCO2)Nc1cc(C(F)(F)F)ccc1N1CCOCC1. The van der Waals surface area contributed by atoms with Gasteiger partial charge in [-0.15, -0.1) is 0 Å². The van der Waals surface area contributed by atoms with E-state index in [-0.39, 0.29) is 28.8 Å². The van der Waals surface area contributed by atoms with Gasteiger partial charge in [0.2, 0.25) is 6.79 Å². The van der Waals surface area contributed by atoms with Gasteiger partial charge in [-0.3, -0.25) is 4.79 Å². The van der Waals surface area contributed by atoms with Crippen molar-refractivity contribution in [1.29, 1.82) is 0 Å². The molecule has 0 spiro atoms. The van der Waals surface area contributed by atoms with Crippen LogP contribution in [-0.4, -0.2) is 51.6 Å². The van der Waals surface area contributed by atoms with Crippen LogP contribution < -0.4 is 19.7 Å². The summed E-state index contributed by atoms with van der Waals surface area (Å²) in [7, 11) is 0. The number of alkyl halides is 3. The first kappa shape index (κ1) is 23.0. The van der Waals surface area contributed by atoms with E-state index in [1.54, 1.807) is 4.90 Å². The molecular weight excluding hydrogens is 469 g/mol. The van der Waals surface area contributed by atoms with Crippen molar-refractivity contribution in [3.8, 4) is 11.5 Å². The number of hydrogen-bond acceptors (Lipinski definition) is 7. The fraction of sp³-hybridized carbons (Fsp3) is 0.333. The number of ether oxygens (including phenoxy) is 4. The summed E-state index contributed by atoms with van der Waals surface area (Å²) in [6.07, 6.45) is -4.59. The van der Waals surface area contributed by atoms with Crippen molar-refractivity contribution in [2.24, 2.45) is 0 Å². The van der Waals surface area contributed by atoms with E-state index < -0.39 is 30.2 Å². The summed E-state index contributed by atoms with van der Waals surface area (Å²) in [4.78, 5) is 26.5. The molecule has 0 radical (unpaired) electrons. The summed E-state index contributed by atoms with van der Waals surface area (Å²) in [5.74, 6) is -1.10. The molecule has 0 saturated carbocycles. The highest BCUT2D eigenvalue weighted by Crippen LogP contribution is 2.40. The van der Waals surface area contributed by atoms with Gasteiger partial charge in [-0.25, -0.2) is 4.79 Å². The second-order valence-corrected chi connectivity index (χ2v) is 7.55. The minimum atomic E-state index is -4.59. The summed E-state index contributed by atoms with van der Waals surface area (Å²) in [5, 5.41) is 2.55. The van der Waals surface area contributed by atoms with Gasteiger partial charge in [-0.1, -0.05) is 11.6 Å². The van der Waals surface area contributed by atoms with Crippen molar-refractivity contribution < 1.29 is 41.7 Å². The monoisotopic (exact) mass is 486 g/mol. The molecule has 12 heteroatoms. The topological polar surface area (TPSA) is 86.3 Å². The van der Waals surface area contributed by atoms with Crippen LogP contribution in [0.2, 0.25) is 5.02 Å². The van der Waals surface area contributed by atoms with E-state index in [0.717, 1.165) is 12.1 Å². The Balaban J connectivity index is 1.46. The van der Waals surface area contributed by atoms with Gasteiger partial charge in [0, 0.05) is 13.1 Å². The molecule has 0 bridgehead atoms. The Labute approximate surface area is 191 Å². The van der Waals surface area contributed by atoms with Gasteiger partial charge < -0.3 is 29.2 Å². The Morgan fingerprint density at radius 2 is 1.88 bits per heavy atom. The maximum atomic E-state index is 13.2. The molecule has 1 N–H and O–H groups in total. The van der Waals surface area contributed by atoms with E-state index in [0.29, 0.717) is 37.7 Å². The fourth-order valence-electron chi connectivity index (χ4n) is 3.38. The molecule has 2 aromatic rings. The van der Waals surface area contributed by atoms with Crippen LogP contribution in [0.25, 0.3) is 0 Å². The van der Waals surface area contributed by atoms with E-state index >= 15 is 0 Å². The van der Waals surface area contributed by atoms with Crippen LogP contribution in [0, 0.1) is 0 Å².